The van der Waals surface area contributed by atoms with Crippen LogP contribution in [-0.4, -0.2) is 39.1 Å². The van der Waals surface area contributed by atoms with Gasteiger partial charge in [-0.2, -0.15) is 0 Å². The van der Waals surface area contributed by atoms with E-state index in [4.69, 9.17) is 11.6 Å². The Balaban J connectivity index is 1.91. The van der Waals surface area contributed by atoms with Crippen LogP contribution in [0.5, 0.6) is 0 Å². The van der Waals surface area contributed by atoms with Gasteiger partial charge in [-0.25, -0.2) is 9.18 Å². The Morgan fingerprint density at radius 3 is 2.67 bits per heavy atom. The van der Waals surface area contributed by atoms with Gasteiger partial charge in [-0.3, -0.25) is 4.79 Å². The molecule has 1 saturated carbocycles. The van der Waals surface area contributed by atoms with Crippen molar-refractivity contribution >= 4 is 35.2 Å². The summed E-state index contributed by atoms with van der Waals surface area (Å²) in [6.07, 6.45) is 2.02. The Morgan fingerprint density at radius 1 is 1.38 bits per heavy atom. The Hall–Kier alpha value is -1.27. The van der Waals surface area contributed by atoms with Crippen LogP contribution in [0.2, 0.25) is 5.02 Å². The minimum Gasteiger partial charge on any atom is -0.480 e. The van der Waals surface area contributed by atoms with Crippen LogP contribution in [0.3, 0.4) is 0 Å². The summed E-state index contributed by atoms with van der Waals surface area (Å²) in [6.45, 7) is 0. The van der Waals surface area contributed by atoms with E-state index in [1.165, 1.54) is 28.8 Å². The molecule has 1 aliphatic heterocycles. The number of carbonyl (C=O) groups is 2. The number of hydrogen-bond acceptors (Lipinski definition) is 3. The fraction of sp³-hybridized carbons (Fsp3) is 0.429. The lowest BCUT2D eigenvalue weighted by Gasteiger charge is -2.27. The summed E-state index contributed by atoms with van der Waals surface area (Å²) in [7, 11) is 0. The molecule has 7 heteroatoms. The first kappa shape index (κ1) is 14.7. The molecule has 2 fully saturated rings. The van der Waals surface area contributed by atoms with E-state index in [0.717, 1.165) is 18.9 Å². The summed E-state index contributed by atoms with van der Waals surface area (Å²) < 4.78 is 13.2. The number of rotatable bonds is 3. The number of aliphatic carboxylic acids is 1. The van der Waals surface area contributed by atoms with Crippen LogP contribution in [0.25, 0.3) is 0 Å². The average Bonchev–Trinajstić information content (AvgIpc) is 3.19. The summed E-state index contributed by atoms with van der Waals surface area (Å²) in [6, 6.07) is 2.89. The van der Waals surface area contributed by atoms with Gasteiger partial charge in [0.2, 0.25) is 0 Å². The molecule has 1 aromatic rings. The summed E-state index contributed by atoms with van der Waals surface area (Å²) in [5, 5.41) is 9.06. The molecule has 0 bridgehead atoms. The molecule has 0 aromatic heterocycles. The second kappa shape index (κ2) is 5.50. The van der Waals surface area contributed by atoms with Crippen molar-refractivity contribution in [1.82, 2.24) is 4.90 Å². The molecule has 2 atom stereocenters. The highest BCUT2D eigenvalue weighted by atomic mass is 35.5. The molecule has 0 spiro atoms. The molecule has 21 heavy (non-hydrogen) atoms. The van der Waals surface area contributed by atoms with Crippen molar-refractivity contribution in [3.05, 3.63) is 34.6 Å². The number of halogens is 2. The number of carbonyl (C=O) groups excluding carboxylic acids is 1. The van der Waals surface area contributed by atoms with Crippen LogP contribution in [0.15, 0.2) is 18.2 Å². The Kier molecular flexibility index (Phi) is 3.84. The zero-order chi connectivity index (χ0) is 15.1. The highest BCUT2D eigenvalue weighted by molar-refractivity contribution is 8.00. The molecule has 112 valence electrons. The molecule has 1 N–H and O–H groups in total. The number of carboxylic acid groups (broad SMARTS) is 1. The number of nitrogens with zero attached hydrogens (tertiary/aromatic N) is 1. The molecule has 2 unspecified atom stereocenters. The molecular weight excluding hydrogens is 317 g/mol. The maximum absolute atomic E-state index is 13.2. The molecule has 2 aliphatic rings. The number of amides is 1. The first-order valence-electron chi connectivity index (χ1n) is 6.61. The van der Waals surface area contributed by atoms with E-state index in [9.17, 15) is 19.1 Å². The van der Waals surface area contributed by atoms with E-state index in [-0.39, 0.29) is 16.0 Å². The van der Waals surface area contributed by atoms with E-state index in [1.54, 1.807) is 0 Å². The Morgan fingerprint density at radius 2 is 2.10 bits per heavy atom. The van der Waals surface area contributed by atoms with Gasteiger partial charge in [0.15, 0.2) is 0 Å². The minimum absolute atomic E-state index is 0.109. The maximum Gasteiger partial charge on any atom is 0.327 e. The van der Waals surface area contributed by atoms with E-state index in [1.807, 2.05) is 0 Å². The maximum atomic E-state index is 13.2. The monoisotopic (exact) mass is 329 g/mol. The van der Waals surface area contributed by atoms with E-state index < -0.39 is 23.7 Å². The normalized spacial score (nSPS) is 25.1. The predicted octanol–water partition coefficient (Wildman–Crippen LogP) is 2.86. The summed E-state index contributed by atoms with van der Waals surface area (Å²) in [5.41, 5.74) is 0.223. The van der Waals surface area contributed by atoms with Crippen LogP contribution < -0.4 is 0 Å². The van der Waals surface area contributed by atoms with Crippen molar-refractivity contribution in [2.45, 2.75) is 24.3 Å². The van der Waals surface area contributed by atoms with Gasteiger partial charge in [0.25, 0.3) is 5.91 Å². The lowest BCUT2D eigenvalue weighted by Crippen LogP contribution is -2.46. The first-order valence-corrected chi connectivity index (χ1v) is 8.04. The van der Waals surface area contributed by atoms with Gasteiger partial charge in [0, 0.05) is 11.3 Å². The summed E-state index contributed by atoms with van der Waals surface area (Å²) in [5.74, 6) is -1.26. The molecule has 1 amide bonds. The van der Waals surface area contributed by atoms with Crippen molar-refractivity contribution in [1.29, 1.82) is 0 Å². The van der Waals surface area contributed by atoms with Crippen molar-refractivity contribution < 1.29 is 19.1 Å². The molecular formula is C14H13ClFNO3S. The lowest BCUT2D eigenvalue weighted by atomic mass is 10.1. The summed E-state index contributed by atoms with van der Waals surface area (Å²) in [4.78, 5) is 25.4. The standard InChI is InChI=1S/C14H13ClFNO3S/c15-9-5-8(3-4-10(9)16)12(18)17-11(14(19)20)6-21-13(17)7-1-2-7/h3-5,7,11,13H,1-2,6H2,(H,19,20). The number of benzene rings is 1. The lowest BCUT2D eigenvalue weighted by molar-refractivity contribution is -0.141. The van der Waals surface area contributed by atoms with Gasteiger partial charge in [-0.05, 0) is 37.0 Å². The minimum atomic E-state index is -1.01. The van der Waals surface area contributed by atoms with Gasteiger partial charge in [0.1, 0.15) is 11.9 Å². The highest BCUT2D eigenvalue weighted by Gasteiger charge is 2.48. The first-order chi connectivity index (χ1) is 9.99. The van der Waals surface area contributed by atoms with Crippen LogP contribution in [-0.2, 0) is 4.79 Å². The number of carboxylic acids is 1. The quantitative estimate of drug-likeness (QED) is 0.926. The zero-order valence-corrected chi connectivity index (χ0v) is 12.5. The van der Waals surface area contributed by atoms with Crippen LogP contribution >= 0.6 is 23.4 Å². The highest BCUT2D eigenvalue weighted by Crippen LogP contribution is 2.46. The largest absolute Gasteiger partial charge is 0.480 e. The van der Waals surface area contributed by atoms with Crippen molar-refractivity contribution in [3.63, 3.8) is 0 Å². The van der Waals surface area contributed by atoms with E-state index in [2.05, 4.69) is 0 Å². The third-order valence-corrected chi connectivity index (χ3v) is 5.50. The van der Waals surface area contributed by atoms with Gasteiger partial charge in [-0.1, -0.05) is 11.6 Å². The third kappa shape index (κ3) is 2.74. The Bertz CT molecular complexity index is 608. The van der Waals surface area contributed by atoms with Crippen molar-refractivity contribution in [2.24, 2.45) is 5.92 Å². The molecule has 1 aromatic carbocycles. The Labute approximate surface area is 130 Å². The van der Waals surface area contributed by atoms with Crippen LogP contribution in [0.4, 0.5) is 4.39 Å². The fourth-order valence-corrected chi connectivity index (χ4v) is 4.31. The third-order valence-electron chi connectivity index (χ3n) is 3.75. The number of thioether (sulfide) groups is 1. The van der Waals surface area contributed by atoms with Gasteiger partial charge >= 0.3 is 5.97 Å². The summed E-state index contributed by atoms with van der Waals surface area (Å²) >= 11 is 7.21. The molecule has 3 rings (SSSR count). The predicted molar refractivity (Wildman–Crippen MR) is 78.0 cm³/mol. The smallest absolute Gasteiger partial charge is 0.327 e. The average molecular weight is 330 g/mol. The van der Waals surface area contributed by atoms with Gasteiger partial charge in [-0.15, -0.1) is 11.8 Å². The SMILES string of the molecule is O=C(O)C1CSC(C2CC2)N1C(=O)c1ccc(F)c(Cl)c1. The van der Waals surface area contributed by atoms with Gasteiger partial charge in [0.05, 0.1) is 10.4 Å². The molecule has 4 nitrogen and oxygen atoms in total. The topological polar surface area (TPSA) is 57.6 Å². The van der Waals surface area contributed by atoms with E-state index in [0.29, 0.717) is 11.7 Å². The van der Waals surface area contributed by atoms with E-state index >= 15 is 0 Å². The second-order valence-electron chi connectivity index (χ2n) is 5.26. The second-order valence-corrected chi connectivity index (χ2v) is 6.81. The van der Waals surface area contributed by atoms with Crippen LogP contribution in [0, 0.1) is 11.7 Å². The fourth-order valence-electron chi connectivity index (χ4n) is 2.50. The zero-order valence-electron chi connectivity index (χ0n) is 11.0. The van der Waals surface area contributed by atoms with Crippen molar-refractivity contribution in [2.75, 3.05) is 5.75 Å². The molecule has 1 heterocycles. The molecule has 1 saturated heterocycles. The molecule has 1 aliphatic carbocycles. The molecule has 0 radical (unpaired) electrons. The van der Waals surface area contributed by atoms with Crippen molar-refractivity contribution in [3.8, 4) is 0 Å². The number of hydrogen-bond donors (Lipinski definition) is 1. The van der Waals surface area contributed by atoms with Crippen LogP contribution in [0.1, 0.15) is 23.2 Å². The van der Waals surface area contributed by atoms with Gasteiger partial charge < -0.3 is 10.0 Å².